The summed E-state index contributed by atoms with van der Waals surface area (Å²) in [5.74, 6) is 0.0739. The highest BCUT2D eigenvalue weighted by Gasteiger charge is 2.28. The van der Waals surface area contributed by atoms with E-state index in [1.807, 2.05) is 54.1 Å². The average molecular weight is 413 g/mol. The second-order valence-corrected chi connectivity index (χ2v) is 8.07. The Labute approximate surface area is 178 Å². The molecule has 0 bridgehead atoms. The summed E-state index contributed by atoms with van der Waals surface area (Å²) in [7, 11) is 0. The summed E-state index contributed by atoms with van der Waals surface area (Å²) in [5, 5.41) is 2.80. The minimum atomic E-state index is -0.403. The maximum absolute atomic E-state index is 12.2. The number of aromatic nitrogens is 1. The number of fused-ring (bicyclic) bond motifs is 4. The van der Waals surface area contributed by atoms with Gasteiger partial charge in [-0.15, -0.1) is 11.3 Å². The molecule has 5 heteroatoms. The maximum atomic E-state index is 12.2. The van der Waals surface area contributed by atoms with Gasteiger partial charge in [-0.25, -0.2) is 9.78 Å². The van der Waals surface area contributed by atoms with Crippen molar-refractivity contribution >= 4 is 33.7 Å². The molecule has 0 atom stereocenters. The van der Waals surface area contributed by atoms with Crippen molar-refractivity contribution in [1.82, 2.24) is 10.3 Å². The third-order valence-corrected chi connectivity index (χ3v) is 6.17. The predicted octanol–water partition coefficient (Wildman–Crippen LogP) is 5.85. The van der Waals surface area contributed by atoms with Crippen molar-refractivity contribution in [2.45, 2.75) is 5.92 Å². The van der Waals surface area contributed by atoms with Crippen LogP contribution in [0, 0.1) is 0 Å². The van der Waals surface area contributed by atoms with Gasteiger partial charge in [-0.1, -0.05) is 66.7 Å². The Bertz CT molecular complexity index is 1200. The van der Waals surface area contributed by atoms with Gasteiger partial charge in [-0.3, -0.25) is 0 Å². The highest BCUT2D eigenvalue weighted by Crippen LogP contribution is 2.44. The average Bonchev–Trinajstić information content (AvgIpc) is 3.37. The fourth-order valence-corrected chi connectivity index (χ4v) is 4.69. The van der Waals surface area contributed by atoms with Crippen LogP contribution >= 0.6 is 11.3 Å². The van der Waals surface area contributed by atoms with E-state index < -0.39 is 6.09 Å². The van der Waals surface area contributed by atoms with Gasteiger partial charge in [0.15, 0.2) is 0 Å². The lowest BCUT2D eigenvalue weighted by atomic mass is 9.98. The third kappa shape index (κ3) is 3.60. The largest absolute Gasteiger partial charge is 0.449 e. The Balaban J connectivity index is 1.18. The number of hydrogen-bond donors (Lipinski definition) is 1. The number of nitrogens with zero attached hydrogens (tertiary/aromatic N) is 1. The van der Waals surface area contributed by atoms with Crippen molar-refractivity contribution in [2.75, 3.05) is 13.2 Å². The molecule has 4 nitrogen and oxygen atoms in total. The number of carbonyl (C=O) groups excluding carboxylic acids is 1. The second kappa shape index (κ2) is 8.13. The van der Waals surface area contributed by atoms with Crippen molar-refractivity contribution in [3.05, 3.63) is 95.0 Å². The molecule has 148 valence electrons. The highest BCUT2D eigenvalue weighted by molar-refractivity contribution is 7.16. The summed E-state index contributed by atoms with van der Waals surface area (Å²) < 4.78 is 6.70. The lowest BCUT2D eigenvalue weighted by molar-refractivity contribution is 0.144. The third-order valence-electron chi connectivity index (χ3n) is 5.37. The lowest BCUT2D eigenvalue weighted by Crippen LogP contribution is -2.26. The molecule has 1 N–H and O–H groups in total. The lowest BCUT2D eigenvalue weighted by Gasteiger charge is -2.14. The van der Waals surface area contributed by atoms with Crippen LogP contribution in [-0.2, 0) is 4.74 Å². The Morgan fingerprint density at radius 3 is 2.53 bits per heavy atom. The van der Waals surface area contributed by atoms with E-state index in [9.17, 15) is 4.79 Å². The number of carbonyl (C=O) groups is 1. The second-order valence-electron chi connectivity index (χ2n) is 7.19. The zero-order valence-electron chi connectivity index (χ0n) is 16.2. The van der Waals surface area contributed by atoms with Crippen LogP contribution in [0.2, 0.25) is 0 Å². The number of nitrogens with one attached hydrogen (secondary N) is 1. The summed E-state index contributed by atoms with van der Waals surface area (Å²) in [6.07, 6.45) is 3.51. The van der Waals surface area contributed by atoms with Crippen molar-refractivity contribution in [3.8, 4) is 11.1 Å². The zero-order valence-corrected chi connectivity index (χ0v) is 17.1. The smallest absolute Gasteiger partial charge is 0.407 e. The summed E-state index contributed by atoms with van der Waals surface area (Å²) >= 11 is 1.62. The molecule has 1 aromatic heterocycles. The van der Waals surface area contributed by atoms with Crippen LogP contribution in [0.15, 0.2) is 78.3 Å². The van der Waals surface area contributed by atoms with E-state index in [1.165, 1.54) is 22.3 Å². The number of benzene rings is 3. The van der Waals surface area contributed by atoms with Gasteiger partial charge in [0.1, 0.15) is 6.61 Å². The standard InChI is InChI=1S/C25H20N2O2S/c28-25(26-13-5-6-17-11-12-23-24(14-17)30-16-27-23)29-15-22-20-9-3-1-7-18(20)19-8-2-4-10-21(19)22/h1-12,14,16,22H,13,15H2,(H,26,28). The molecule has 0 fully saturated rings. The summed E-state index contributed by atoms with van der Waals surface area (Å²) in [6, 6.07) is 22.8. The van der Waals surface area contributed by atoms with Crippen LogP contribution in [0.1, 0.15) is 22.6 Å². The predicted molar refractivity (Wildman–Crippen MR) is 122 cm³/mol. The van der Waals surface area contributed by atoms with Gasteiger partial charge in [-0.05, 0) is 39.9 Å². The van der Waals surface area contributed by atoms with Crippen molar-refractivity contribution in [1.29, 1.82) is 0 Å². The van der Waals surface area contributed by atoms with Gasteiger partial charge in [0.25, 0.3) is 0 Å². The molecule has 0 radical (unpaired) electrons. The molecule has 0 saturated carbocycles. The highest BCUT2D eigenvalue weighted by atomic mass is 32.1. The SMILES string of the molecule is O=C(NCC=Cc1ccc2ncsc2c1)OCC1c2ccccc2-c2ccccc21. The summed E-state index contributed by atoms with van der Waals surface area (Å²) in [6.45, 7) is 0.739. The van der Waals surface area contributed by atoms with E-state index in [4.69, 9.17) is 4.74 Å². The van der Waals surface area contributed by atoms with Gasteiger partial charge < -0.3 is 10.1 Å². The fraction of sp³-hybridized carbons (Fsp3) is 0.120. The molecule has 4 aromatic rings. The number of alkyl carbamates (subject to hydrolysis) is 1. The molecular weight excluding hydrogens is 392 g/mol. The monoisotopic (exact) mass is 412 g/mol. The molecule has 1 heterocycles. The van der Waals surface area contributed by atoms with E-state index in [2.05, 4.69) is 40.6 Å². The van der Waals surface area contributed by atoms with Gasteiger partial charge in [0, 0.05) is 12.5 Å². The topological polar surface area (TPSA) is 51.2 Å². The van der Waals surface area contributed by atoms with E-state index in [0.717, 1.165) is 15.8 Å². The number of hydrogen-bond acceptors (Lipinski definition) is 4. The molecule has 3 aromatic carbocycles. The van der Waals surface area contributed by atoms with Crippen LogP contribution < -0.4 is 5.32 Å². The number of rotatable bonds is 5. The van der Waals surface area contributed by atoms with Crippen LogP contribution in [0.5, 0.6) is 0 Å². The Morgan fingerprint density at radius 1 is 1.03 bits per heavy atom. The van der Waals surface area contributed by atoms with E-state index in [-0.39, 0.29) is 5.92 Å². The first-order valence-electron chi connectivity index (χ1n) is 9.88. The first-order valence-corrected chi connectivity index (χ1v) is 10.8. The molecule has 0 unspecified atom stereocenters. The molecule has 0 saturated heterocycles. The van der Waals surface area contributed by atoms with Gasteiger partial charge >= 0.3 is 6.09 Å². The molecule has 1 aliphatic rings. The molecule has 0 aliphatic heterocycles. The van der Waals surface area contributed by atoms with Crippen molar-refractivity contribution in [2.24, 2.45) is 0 Å². The number of thiazole rings is 1. The summed E-state index contributed by atoms with van der Waals surface area (Å²) in [4.78, 5) is 16.5. The number of ether oxygens (including phenoxy) is 1. The Morgan fingerprint density at radius 2 is 1.77 bits per heavy atom. The van der Waals surface area contributed by atoms with Crippen LogP contribution in [0.4, 0.5) is 4.79 Å². The zero-order chi connectivity index (χ0) is 20.3. The molecule has 5 rings (SSSR count). The number of amides is 1. The molecule has 1 aliphatic carbocycles. The first kappa shape index (κ1) is 18.6. The van der Waals surface area contributed by atoms with Gasteiger partial charge in [0.2, 0.25) is 0 Å². The maximum Gasteiger partial charge on any atom is 0.407 e. The minimum Gasteiger partial charge on any atom is -0.449 e. The van der Waals surface area contributed by atoms with Crippen LogP contribution in [0.3, 0.4) is 0 Å². The molecule has 0 spiro atoms. The van der Waals surface area contributed by atoms with Crippen molar-refractivity contribution in [3.63, 3.8) is 0 Å². The van der Waals surface area contributed by atoms with Crippen LogP contribution in [-0.4, -0.2) is 24.2 Å². The molecule has 30 heavy (non-hydrogen) atoms. The van der Waals surface area contributed by atoms with Gasteiger partial charge in [0.05, 0.1) is 15.7 Å². The molecule has 1 amide bonds. The van der Waals surface area contributed by atoms with E-state index in [1.54, 1.807) is 11.3 Å². The summed E-state index contributed by atoms with van der Waals surface area (Å²) in [5.41, 5.74) is 8.81. The van der Waals surface area contributed by atoms with Crippen LogP contribution in [0.25, 0.3) is 27.4 Å². The minimum absolute atomic E-state index is 0.0739. The normalized spacial score (nSPS) is 12.8. The molecular formula is C25H20N2O2S. The Kier molecular flexibility index (Phi) is 5.03. The fourth-order valence-electron chi connectivity index (χ4n) is 3.96. The quantitative estimate of drug-likeness (QED) is 0.447. The van der Waals surface area contributed by atoms with Crippen molar-refractivity contribution < 1.29 is 9.53 Å². The van der Waals surface area contributed by atoms with Gasteiger partial charge in [-0.2, -0.15) is 0 Å². The Hall–Kier alpha value is -3.44. The first-order chi connectivity index (χ1) is 14.8. The van der Waals surface area contributed by atoms with E-state index >= 15 is 0 Å². The van der Waals surface area contributed by atoms with E-state index in [0.29, 0.717) is 13.2 Å².